The fraction of sp³-hybridized carbons (Fsp3) is 0.200. The zero-order chi connectivity index (χ0) is 92.3. The predicted molar refractivity (Wildman–Crippen MR) is 545 cm³/mol. The van der Waals surface area contributed by atoms with Crippen molar-refractivity contribution in [1.82, 2.24) is 0 Å². The topological polar surface area (TPSA) is 247 Å². The Balaban J connectivity index is 0.000000453. The standard InChI is InChI=1S/C26H24O6S.2C26H24O5S.C26H24O4S.6CH4/c1-17(2)25(27)31-15-29-22-11-9-20(10-12-22)19-5-7-21(8-6-19)23-13-14-24(33-23)30-16-32-26(28)18(3)4;1-17(2)25(27)29-15-23-13-14-24(32-23)21-7-5-19(6-8-21)20-9-11-22(12-10-20)30-16-31-26(28)18(3)4;1-17(2)25(27)29-15-19-5-7-20(8-6-19)21-9-11-22(12-10-21)23-13-14-24(32-23)30-16-31-26(28)18(3)4;1-17(2)25(27)29-15-19-5-7-20(8-6-19)21-9-11-22(12-10-21)24-14-13-23(31-24)16-30-26(28)18(3)4;;;;;;/h5-14H,1,3,15-16H2,2,4H3;2*5-14H,1,3,15-16H2,2,4H3;5-14H,1,3,15-16H2,2,4H3;6*1H4. The van der Waals surface area contributed by atoms with Crippen molar-refractivity contribution >= 4 is 93.1 Å². The Labute approximate surface area is 805 Å². The van der Waals surface area contributed by atoms with Crippen LogP contribution in [0.25, 0.3) is 86.3 Å². The molecule has 0 saturated heterocycles. The first-order chi connectivity index (χ1) is 61.3. The second-order valence-electron chi connectivity index (χ2n) is 28.8. The van der Waals surface area contributed by atoms with Gasteiger partial charge in [0.25, 0.3) is 0 Å². The Hall–Kier alpha value is -14.6. The fourth-order valence-corrected chi connectivity index (χ4v) is 14.4. The van der Waals surface area contributed by atoms with Crippen molar-refractivity contribution in [2.75, 3.05) is 27.2 Å². The van der Waals surface area contributed by atoms with Gasteiger partial charge in [-0.25, -0.2) is 38.4 Å². The molecule has 704 valence electrons. The van der Waals surface area contributed by atoms with E-state index in [1.165, 1.54) is 22.7 Å². The third-order valence-electron chi connectivity index (χ3n) is 17.9. The third kappa shape index (κ3) is 36.3. The molecule has 0 spiro atoms. The zero-order valence-electron chi connectivity index (χ0n) is 72.2. The van der Waals surface area contributed by atoms with Crippen LogP contribution in [0.15, 0.2) is 340 Å². The summed E-state index contributed by atoms with van der Waals surface area (Å²) in [6.07, 6.45) is 0. The van der Waals surface area contributed by atoms with Crippen LogP contribution in [0, 0.1) is 0 Å². The van der Waals surface area contributed by atoms with Crippen LogP contribution in [0.5, 0.6) is 21.6 Å². The quantitative estimate of drug-likeness (QED) is 0.0153. The first-order valence-electron chi connectivity index (χ1n) is 39.6. The minimum atomic E-state index is -0.484. The number of carbonyl (C=O) groups excluding carboxylic acids is 8. The molecule has 20 nitrogen and oxygen atoms in total. The summed E-state index contributed by atoms with van der Waals surface area (Å²) in [6, 6.07) is 79.4. The van der Waals surface area contributed by atoms with E-state index < -0.39 is 23.9 Å². The molecule has 12 aromatic rings. The molecule has 0 bridgehead atoms. The van der Waals surface area contributed by atoms with Crippen molar-refractivity contribution in [3.63, 3.8) is 0 Å². The maximum atomic E-state index is 11.5. The molecule has 12 rings (SSSR count). The highest BCUT2D eigenvalue weighted by Crippen LogP contribution is 2.38. The summed E-state index contributed by atoms with van der Waals surface area (Å²) in [6.45, 7) is 41.6. The Morgan fingerprint density at radius 1 is 0.201 bits per heavy atom. The Morgan fingerprint density at radius 3 is 0.612 bits per heavy atom. The average Bonchev–Trinajstić information content (AvgIpc) is 1.56. The first kappa shape index (κ1) is 114. The van der Waals surface area contributed by atoms with Crippen LogP contribution < -0.4 is 18.9 Å². The van der Waals surface area contributed by atoms with Crippen LogP contribution in [0.3, 0.4) is 0 Å². The molecule has 0 aliphatic rings. The minimum absolute atomic E-state index is 0. The number of thiophene rings is 4. The van der Waals surface area contributed by atoms with Gasteiger partial charge in [0.2, 0.25) is 27.2 Å². The second kappa shape index (κ2) is 56.9. The molecule has 0 unspecified atom stereocenters. The van der Waals surface area contributed by atoms with Gasteiger partial charge in [0.15, 0.2) is 10.1 Å². The SMILES string of the molecule is C.C.C.C.C.C.C=C(C)C(=O)OCOc1ccc(-c2ccc(-c3ccc(COC(=O)C(=C)C)cc3)cc2)s1.C=C(C)C(=O)OCOc1ccc(-c2ccc(-c3ccc(COC(=O)C(=C)C)s3)cc2)cc1.C=C(C)C(=O)OCOc1ccc(-c2ccc(-c3ccc(OCOC(=O)C(=C)C)s3)cc2)cc1.C=C(C)C(=O)OCc1ccc(-c2ccc(-c3ccc(COC(=O)C(=C)C)s3)cc2)cc1. The molecule has 8 aromatic carbocycles. The summed E-state index contributed by atoms with van der Waals surface area (Å²) >= 11 is 6.13. The summed E-state index contributed by atoms with van der Waals surface area (Å²) in [5, 5.41) is 1.33. The summed E-state index contributed by atoms with van der Waals surface area (Å²) in [5.41, 5.74) is 17.6. The van der Waals surface area contributed by atoms with E-state index in [0.717, 1.165) is 107 Å². The van der Waals surface area contributed by atoms with E-state index >= 15 is 0 Å². The Morgan fingerprint density at radius 2 is 0.381 bits per heavy atom. The van der Waals surface area contributed by atoms with Gasteiger partial charge >= 0.3 is 47.8 Å². The average molecular weight is 1890 g/mol. The van der Waals surface area contributed by atoms with E-state index in [1.54, 1.807) is 78.1 Å². The lowest BCUT2D eigenvalue weighted by molar-refractivity contribution is -0.146. The zero-order valence-corrected chi connectivity index (χ0v) is 75.5. The van der Waals surface area contributed by atoms with Crippen molar-refractivity contribution < 1.29 is 95.2 Å². The molecule has 0 saturated carbocycles. The molecule has 0 atom stereocenters. The van der Waals surface area contributed by atoms with Crippen LogP contribution in [-0.4, -0.2) is 74.9 Å². The molecule has 0 aliphatic carbocycles. The van der Waals surface area contributed by atoms with Gasteiger partial charge in [0.1, 0.15) is 37.9 Å². The molecule has 0 aliphatic heterocycles. The Kier molecular flexibility index (Phi) is 48.2. The molecule has 0 radical (unpaired) electrons. The van der Waals surface area contributed by atoms with Crippen LogP contribution >= 0.6 is 45.3 Å². The molecule has 0 N–H and O–H groups in total. The van der Waals surface area contributed by atoms with Gasteiger partial charge in [-0.05, 0) is 206 Å². The summed E-state index contributed by atoms with van der Waals surface area (Å²) < 4.78 is 62.3. The molecule has 4 aromatic heterocycles. The third-order valence-corrected chi connectivity index (χ3v) is 22.3. The van der Waals surface area contributed by atoms with E-state index in [4.69, 9.17) is 56.8 Å². The lowest BCUT2D eigenvalue weighted by Crippen LogP contribution is -2.10. The van der Waals surface area contributed by atoms with Crippen molar-refractivity contribution in [1.29, 1.82) is 0 Å². The summed E-state index contributed by atoms with van der Waals surface area (Å²) in [5.74, 6) is -2.23. The summed E-state index contributed by atoms with van der Waals surface area (Å²) in [4.78, 5) is 97.9. The molecular formula is C110H120O20S4. The van der Waals surface area contributed by atoms with Crippen molar-refractivity contribution in [2.24, 2.45) is 0 Å². The van der Waals surface area contributed by atoms with E-state index in [9.17, 15) is 38.4 Å². The van der Waals surface area contributed by atoms with Gasteiger partial charge in [-0.15, -0.1) is 22.7 Å². The number of rotatable bonds is 36. The first-order valence-corrected chi connectivity index (χ1v) is 42.9. The fourth-order valence-electron chi connectivity index (χ4n) is 10.8. The molecule has 0 amide bonds. The van der Waals surface area contributed by atoms with E-state index in [2.05, 4.69) is 125 Å². The number of ether oxygens (including phenoxy) is 12. The van der Waals surface area contributed by atoms with E-state index in [-0.39, 0.29) is 122 Å². The van der Waals surface area contributed by atoms with Gasteiger partial charge in [0.05, 0.1) is 0 Å². The van der Waals surface area contributed by atoms with Crippen LogP contribution in [-0.2, 0) is 103 Å². The molecule has 134 heavy (non-hydrogen) atoms. The predicted octanol–water partition coefficient (Wildman–Crippen LogP) is 28.4. The summed E-state index contributed by atoms with van der Waals surface area (Å²) in [7, 11) is 0. The van der Waals surface area contributed by atoms with Crippen LogP contribution in [0.2, 0.25) is 0 Å². The Bertz CT molecular complexity index is 5960. The maximum absolute atomic E-state index is 11.5. The monoisotopic (exact) mass is 1890 g/mol. The van der Waals surface area contributed by atoms with Crippen molar-refractivity contribution in [3.8, 4) is 108 Å². The van der Waals surface area contributed by atoms with Gasteiger partial charge in [-0.3, -0.25) is 0 Å². The number of hydrogen-bond donors (Lipinski definition) is 0. The maximum Gasteiger partial charge on any atom is 0.335 e. The molecule has 0 fully saturated rings. The largest absolute Gasteiger partial charge is 0.457 e. The number of esters is 8. The van der Waals surface area contributed by atoms with E-state index in [0.29, 0.717) is 66.2 Å². The lowest BCUT2D eigenvalue weighted by atomic mass is 10.0. The second-order valence-corrected chi connectivity index (χ2v) is 33.3. The minimum Gasteiger partial charge on any atom is -0.457 e. The van der Waals surface area contributed by atoms with Crippen LogP contribution in [0.1, 0.15) is 121 Å². The highest BCUT2D eigenvalue weighted by atomic mass is 32.1. The number of hydrogen-bond acceptors (Lipinski definition) is 24. The van der Waals surface area contributed by atoms with Gasteiger partial charge in [-0.1, -0.05) is 290 Å². The number of carbonyl (C=O) groups is 8. The van der Waals surface area contributed by atoms with Gasteiger partial charge in [0, 0.05) is 73.8 Å². The molecule has 4 heterocycles. The number of benzene rings is 8. The normalized spacial score (nSPS) is 9.85. The van der Waals surface area contributed by atoms with Gasteiger partial charge in [-0.2, -0.15) is 0 Å². The van der Waals surface area contributed by atoms with Crippen LogP contribution in [0.4, 0.5) is 0 Å². The van der Waals surface area contributed by atoms with Crippen molar-refractivity contribution in [2.45, 2.75) is 126 Å². The smallest absolute Gasteiger partial charge is 0.335 e. The molecular weight excluding hydrogens is 1770 g/mol. The lowest BCUT2D eigenvalue weighted by Gasteiger charge is -2.08. The van der Waals surface area contributed by atoms with Gasteiger partial charge < -0.3 is 56.8 Å². The van der Waals surface area contributed by atoms with E-state index in [1.807, 2.05) is 170 Å². The highest BCUT2D eigenvalue weighted by molar-refractivity contribution is 7.17. The van der Waals surface area contributed by atoms with Crippen molar-refractivity contribution in [3.05, 3.63) is 361 Å². The molecule has 24 heteroatoms. The highest BCUT2D eigenvalue weighted by Gasteiger charge is 2.16.